The predicted octanol–water partition coefficient (Wildman–Crippen LogP) is 6.17. The van der Waals surface area contributed by atoms with Gasteiger partial charge >= 0.3 is 0 Å². The van der Waals surface area contributed by atoms with Crippen molar-refractivity contribution in [3.05, 3.63) is 93.1 Å². The van der Waals surface area contributed by atoms with Crippen LogP contribution in [0.2, 0.25) is 10.0 Å². The van der Waals surface area contributed by atoms with Gasteiger partial charge in [0.05, 0.1) is 10.4 Å². The molecule has 3 aromatic carbocycles. The van der Waals surface area contributed by atoms with E-state index < -0.39 is 17.4 Å². The van der Waals surface area contributed by atoms with Crippen LogP contribution in [0.3, 0.4) is 0 Å². The molecular formula is C24H17Cl2NO4. The number of nitrogens with one attached hydrogen (secondary N) is 1. The molecule has 31 heavy (non-hydrogen) atoms. The Morgan fingerprint density at radius 2 is 1.71 bits per heavy atom. The Morgan fingerprint density at radius 3 is 2.45 bits per heavy atom. The van der Waals surface area contributed by atoms with Gasteiger partial charge in [0.25, 0.3) is 5.91 Å². The molecule has 1 atom stereocenters. The summed E-state index contributed by atoms with van der Waals surface area (Å²) >= 11 is 12.4. The lowest BCUT2D eigenvalue weighted by molar-refractivity contribution is -0.122. The Kier molecular flexibility index (Phi) is 5.98. The van der Waals surface area contributed by atoms with Crippen molar-refractivity contribution in [2.75, 3.05) is 5.32 Å². The van der Waals surface area contributed by atoms with Gasteiger partial charge in [-0.3, -0.25) is 9.59 Å². The van der Waals surface area contributed by atoms with E-state index in [0.29, 0.717) is 26.9 Å². The normalized spacial score (nSPS) is 11.8. The van der Waals surface area contributed by atoms with Gasteiger partial charge in [0.15, 0.2) is 11.9 Å². The number of anilines is 1. The monoisotopic (exact) mass is 453 g/mol. The summed E-state index contributed by atoms with van der Waals surface area (Å²) in [5.74, 6) is -0.384. The van der Waals surface area contributed by atoms with Crippen LogP contribution in [-0.2, 0) is 4.79 Å². The quantitative estimate of drug-likeness (QED) is 0.392. The minimum absolute atomic E-state index is 0.112. The molecule has 0 aliphatic heterocycles. The second-order valence-electron chi connectivity index (χ2n) is 6.83. The minimum Gasteiger partial charge on any atom is -0.473 e. The molecule has 156 valence electrons. The fourth-order valence-electron chi connectivity index (χ4n) is 3.08. The molecule has 0 radical (unpaired) electrons. The third-order valence-electron chi connectivity index (χ3n) is 4.63. The van der Waals surface area contributed by atoms with E-state index in [-0.39, 0.29) is 16.9 Å². The molecule has 1 heterocycles. The molecule has 5 nitrogen and oxygen atoms in total. The largest absolute Gasteiger partial charge is 0.473 e. The summed E-state index contributed by atoms with van der Waals surface area (Å²) in [7, 11) is 0. The summed E-state index contributed by atoms with van der Waals surface area (Å²) in [6, 6.07) is 20.6. The lowest BCUT2D eigenvalue weighted by atomic mass is 10.1. The zero-order chi connectivity index (χ0) is 22.0. The second-order valence-corrected chi connectivity index (χ2v) is 7.67. The molecule has 0 unspecified atom stereocenters. The van der Waals surface area contributed by atoms with E-state index in [1.807, 2.05) is 6.07 Å². The SMILES string of the molecule is C[C@H](Oc1c(-c2ccccc2Cl)oc2ccc(Cl)cc2c1=O)C(=O)Nc1ccccc1. The van der Waals surface area contributed by atoms with Gasteiger partial charge in [-0.1, -0.05) is 53.5 Å². The Labute approximate surface area is 188 Å². The Hall–Kier alpha value is -3.28. The summed E-state index contributed by atoms with van der Waals surface area (Å²) in [6.45, 7) is 1.55. The van der Waals surface area contributed by atoms with Crippen LogP contribution < -0.4 is 15.5 Å². The summed E-state index contributed by atoms with van der Waals surface area (Å²) in [5, 5.41) is 3.76. The van der Waals surface area contributed by atoms with Gasteiger partial charge in [0.1, 0.15) is 5.58 Å². The van der Waals surface area contributed by atoms with Gasteiger partial charge in [-0.05, 0) is 49.4 Å². The van der Waals surface area contributed by atoms with Gasteiger partial charge in [-0.15, -0.1) is 0 Å². The molecule has 1 amide bonds. The van der Waals surface area contributed by atoms with Crippen LogP contribution in [0.1, 0.15) is 6.92 Å². The Morgan fingerprint density at radius 1 is 1.00 bits per heavy atom. The summed E-state index contributed by atoms with van der Waals surface area (Å²) in [5.41, 5.74) is 0.978. The molecule has 0 bridgehead atoms. The zero-order valence-electron chi connectivity index (χ0n) is 16.4. The third kappa shape index (κ3) is 4.43. The Bertz CT molecular complexity index is 1320. The molecule has 1 N–H and O–H groups in total. The van der Waals surface area contributed by atoms with Crippen LogP contribution in [-0.4, -0.2) is 12.0 Å². The molecule has 0 fully saturated rings. The van der Waals surface area contributed by atoms with Crippen LogP contribution in [0, 0.1) is 0 Å². The summed E-state index contributed by atoms with van der Waals surface area (Å²) in [6.07, 6.45) is -0.985. The Balaban J connectivity index is 1.79. The van der Waals surface area contributed by atoms with Crippen molar-refractivity contribution in [3.63, 3.8) is 0 Å². The van der Waals surface area contributed by atoms with Crippen LogP contribution in [0.15, 0.2) is 82.0 Å². The third-order valence-corrected chi connectivity index (χ3v) is 5.20. The fraction of sp³-hybridized carbons (Fsp3) is 0.0833. The zero-order valence-corrected chi connectivity index (χ0v) is 17.9. The van der Waals surface area contributed by atoms with Crippen molar-refractivity contribution in [3.8, 4) is 17.1 Å². The van der Waals surface area contributed by atoms with Crippen molar-refractivity contribution in [2.45, 2.75) is 13.0 Å². The maximum absolute atomic E-state index is 13.3. The standard InChI is InChI=1S/C24H17Cl2NO4/c1-14(24(29)27-16-7-3-2-4-8-16)30-23-21(28)18-13-15(25)11-12-20(18)31-22(23)17-9-5-6-10-19(17)26/h2-14H,1H3,(H,27,29)/t14-/m0/s1. The lowest BCUT2D eigenvalue weighted by Gasteiger charge is -2.17. The molecule has 4 rings (SSSR count). The van der Waals surface area contributed by atoms with Crippen molar-refractivity contribution < 1.29 is 13.9 Å². The highest BCUT2D eigenvalue weighted by molar-refractivity contribution is 6.33. The smallest absolute Gasteiger partial charge is 0.265 e. The lowest BCUT2D eigenvalue weighted by Crippen LogP contribution is -2.31. The number of carbonyl (C=O) groups is 1. The average Bonchev–Trinajstić information content (AvgIpc) is 2.77. The molecule has 7 heteroatoms. The molecule has 0 aliphatic carbocycles. The first-order valence-corrected chi connectivity index (χ1v) is 10.2. The van der Waals surface area contributed by atoms with E-state index in [9.17, 15) is 9.59 Å². The predicted molar refractivity (Wildman–Crippen MR) is 123 cm³/mol. The van der Waals surface area contributed by atoms with Crippen molar-refractivity contribution in [1.82, 2.24) is 0 Å². The number of halogens is 2. The van der Waals surface area contributed by atoms with Crippen LogP contribution in [0.25, 0.3) is 22.3 Å². The van der Waals surface area contributed by atoms with Crippen LogP contribution >= 0.6 is 23.2 Å². The number of ether oxygens (including phenoxy) is 1. The number of para-hydroxylation sites is 1. The number of amides is 1. The maximum Gasteiger partial charge on any atom is 0.265 e. The van der Waals surface area contributed by atoms with Gasteiger partial charge < -0.3 is 14.5 Å². The summed E-state index contributed by atoms with van der Waals surface area (Å²) < 4.78 is 11.8. The van der Waals surface area contributed by atoms with E-state index in [1.54, 1.807) is 67.6 Å². The van der Waals surface area contributed by atoms with Gasteiger partial charge in [-0.2, -0.15) is 0 Å². The highest BCUT2D eigenvalue weighted by atomic mass is 35.5. The molecular weight excluding hydrogens is 437 g/mol. The van der Waals surface area contributed by atoms with Gasteiger partial charge in [-0.25, -0.2) is 0 Å². The average molecular weight is 454 g/mol. The molecule has 0 saturated carbocycles. The number of rotatable bonds is 5. The topological polar surface area (TPSA) is 68.5 Å². The summed E-state index contributed by atoms with van der Waals surface area (Å²) in [4.78, 5) is 25.9. The number of carbonyl (C=O) groups excluding carboxylic acids is 1. The second kappa shape index (κ2) is 8.84. The minimum atomic E-state index is -0.985. The number of hydrogen-bond donors (Lipinski definition) is 1. The highest BCUT2D eigenvalue weighted by Crippen LogP contribution is 2.36. The van der Waals surface area contributed by atoms with Crippen molar-refractivity contribution >= 4 is 45.8 Å². The number of benzene rings is 3. The van der Waals surface area contributed by atoms with E-state index in [4.69, 9.17) is 32.4 Å². The first kappa shape index (κ1) is 21.0. The van der Waals surface area contributed by atoms with E-state index in [1.165, 1.54) is 6.07 Å². The van der Waals surface area contributed by atoms with Crippen molar-refractivity contribution in [2.24, 2.45) is 0 Å². The number of fused-ring (bicyclic) bond motifs is 1. The van der Waals surface area contributed by atoms with E-state index in [0.717, 1.165) is 0 Å². The van der Waals surface area contributed by atoms with E-state index >= 15 is 0 Å². The highest BCUT2D eigenvalue weighted by Gasteiger charge is 2.24. The fourth-order valence-corrected chi connectivity index (χ4v) is 3.47. The molecule has 0 saturated heterocycles. The van der Waals surface area contributed by atoms with Crippen molar-refractivity contribution in [1.29, 1.82) is 0 Å². The van der Waals surface area contributed by atoms with Crippen LogP contribution in [0.5, 0.6) is 5.75 Å². The molecule has 4 aromatic rings. The number of hydrogen-bond acceptors (Lipinski definition) is 4. The first-order chi connectivity index (χ1) is 14.9. The molecule has 0 spiro atoms. The first-order valence-electron chi connectivity index (χ1n) is 9.48. The van der Waals surface area contributed by atoms with Gasteiger partial charge in [0.2, 0.25) is 11.2 Å². The maximum atomic E-state index is 13.3. The van der Waals surface area contributed by atoms with Gasteiger partial charge in [0, 0.05) is 16.3 Å². The van der Waals surface area contributed by atoms with E-state index in [2.05, 4.69) is 5.32 Å². The van der Waals surface area contributed by atoms with Crippen LogP contribution in [0.4, 0.5) is 5.69 Å². The molecule has 0 aliphatic rings. The molecule has 1 aromatic heterocycles.